The molecule has 4 N–H and O–H groups in total. The van der Waals surface area contributed by atoms with E-state index < -0.39 is 0 Å². The molecule has 11 heavy (non-hydrogen) atoms. The molecule has 0 radical (unpaired) electrons. The van der Waals surface area contributed by atoms with Gasteiger partial charge >= 0.3 is 0 Å². The molecule has 1 heterocycles. The Bertz CT molecular complexity index is 218. The first-order valence-electron chi connectivity index (χ1n) is 3.69. The van der Waals surface area contributed by atoms with Gasteiger partial charge in [-0.05, 0) is 19.0 Å². The lowest BCUT2D eigenvalue weighted by Crippen LogP contribution is -2.18. The Labute approximate surface area is 66.2 Å². The summed E-state index contributed by atoms with van der Waals surface area (Å²) in [5.74, 6) is 0. The van der Waals surface area contributed by atoms with Gasteiger partial charge in [0, 0.05) is 19.3 Å². The van der Waals surface area contributed by atoms with E-state index in [0.717, 1.165) is 12.1 Å². The molecule has 0 aliphatic heterocycles. The van der Waals surface area contributed by atoms with E-state index >= 15 is 0 Å². The van der Waals surface area contributed by atoms with Crippen LogP contribution in [0.4, 0.5) is 0 Å². The van der Waals surface area contributed by atoms with Crippen LogP contribution in [0.2, 0.25) is 0 Å². The molecule has 1 unspecified atom stereocenters. The number of nitrogens with two attached hydrogens (primary N) is 2. The fourth-order valence-electron chi connectivity index (χ4n) is 1.08. The molecule has 0 aliphatic rings. The Hall–Kier alpha value is -0.870. The van der Waals surface area contributed by atoms with Gasteiger partial charge in [-0.15, -0.1) is 0 Å². The molecule has 0 saturated carbocycles. The minimum atomic E-state index is 0.0208. The van der Waals surface area contributed by atoms with Gasteiger partial charge in [-0.3, -0.25) is 4.68 Å². The van der Waals surface area contributed by atoms with Crippen LogP contribution in [-0.4, -0.2) is 16.3 Å². The lowest BCUT2D eigenvalue weighted by Gasteiger charge is -2.09. The first kappa shape index (κ1) is 8.23. The van der Waals surface area contributed by atoms with E-state index in [9.17, 15) is 0 Å². The van der Waals surface area contributed by atoms with Crippen molar-refractivity contribution < 1.29 is 0 Å². The summed E-state index contributed by atoms with van der Waals surface area (Å²) in [5.41, 5.74) is 12.2. The Kier molecular flexibility index (Phi) is 2.62. The number of hydrogen-bond donors (Lipinski definition) is 2. The van der Waals surface area contributed by atoms with Gasteiger partial charge in [-0.1, -0.05) is 0 Å². The third-order valence-electron chi connectivity index (χ3n) is 1.72. The van der Waals surface area contributed by atoms with E-state index in [1.54, 1.807) is 10.9 Å². The highest BCUT2D eigenvalue weighted by Crippen LogP contribution is 2.10. The summed E-state index contributed by atoms with van der Waals surface area (Å²) in [6.07, 6.45) is 2.55. The number of rotatable bonds is 3. The molecule has 4 heteroatoms. The predicted molar refractivity (Wildman–Crippen MR) is 43.8 cm³/mol. The number of nitrogens with zero attached hydrogens (tertiary/aromatic N) is 2. The van der Waals surface area contributed by atoms with Crippen molar-refractivity contribution in [1.82, 2.24) is 9.78 Å². The molecule has 0 aliphatic carbocycles. The van der Waals surface area contributed by atoms with Crippen LogP contribution in [0.3, 0.4) is 0 Å². The maximum absolute atomic E-state index is 5.81. The molecule has 1 aromatic rings. The van der Waals surface area contributed by atoms with Crippen LogP contribution in [0.1, 0.15) is 18.2 Å². The lowest BCUT2D eigenvalue weighted by molar-refractivity contribution is 0.588. The molecule has 1 aromatic heterocycles. The minimum absolute atomic E-state index is 0.0208. The summed E-state index contributed by atoms with van der Waals surface area (Å²) in [6, 6.07) is 1.94. The number of hydrogen-bond acceptors (Lipinski definition) is 3. The zero-order valence-electron chi connectivity index (χ0n) is 6.70. The van der Waals surface area contributed by atoms with Crippen molar-refractivity contribution in [2.45, 2.75) is 12.5 Å². The maximum atomic E-state index is 5.81. The van der Waals surface area contributed by atoms with Gasteiger partial charge in [0.1, 0.15) is 0 Å². The van der Waals surface area contributed by atoms with Crippen molar-refractivity contribution in [3.05, 3.63) is 18.0 Å². The van der Waals surface area contributed by atoms with Crippen LogP contribution in [0, 0.1) is 0 Å². The Morgan fingerprint density at radius 3 is 2.91 bits per heavy atom. The summed E-state index contributed by atoms with van der Waals surface area (Å²) in [4.78, 5) is 0. The van der Waals surface area contributed by atoms with Crippen molar-refractivity contribution in [2.24, 2.45) is 18.5 Å². The molecule has 62 valence electrons. The molecule has 0 fully saturated rings. The van der Waals surface area contributed by atoms with Gasteiger partial charge in [0.2, 0.25) is 0 Å². The average molecular weight is 154 g/mol. The van der Waals surface area contributed by atoms with Gasteiger partial charge in [0.05, 0.1) is 5.69 Å². The molecular weight excluding hydrogens is 140 g/mol. The number of aromatic nitrogens is 2. The molecule has 0 bridgehead atoms. The van der Waals surface area contributed by atoms with Crippen LogP contribution < -0.4 is 11.5 Å². The molecule has 1 atom stereocenters. The monoisotopic (exact) mass is 154 g/mol. The SMILES string of the molecule is Cn1nccc1C(N)CCN. The van der Waals surface area contributed by atoms with E-state index in [1.807, 2.05) is 13.1 Å². The molecule has 4 nitrogen and oxygen atoms in total. The summed E-state index contributed by atoms with van der Waals surface area (Å²) in [5, 5.41) is 4.02. The minimum Gasteiger partial charge on any atom is -0.330 e. The van der Waals surface area contributed by atoms with E-state index in [1.165, 1.54) is 0 Å². The molecular formula is C7H14N4. The zero-order valence-corrected chi connectivity index (χ0v) is 6.70. The van der Waals surface area contributed by atoms with Gasteiger partial charge in [-0.2, -0.15) is 5.10 Å². The second-order valence-electron chi connectivity index (χ2n) is 2.56. The summed E-state index contributed by atoms with van der Waals surface area (Å²) >= 11 is 0. The molecule has 1 rings (SSSR count). The Balaban J connectivity index is 2.67. The van der Waals surface area contributed by atoms with Gasteiger partial charge in [0.15, 0.2) is 0 Å². The van der Waals surface area contributed by atoms with Crippen LogP contribution >= 0.6 is 0 Å². The normalized spacial score (nSPS) is 13.4. The lowest BCUT2D eigenvalue weighted by atomic mass is 10.1. The van der Waals surface area contributed by atoms with Crippen LogP contribution in [0.5, 0.6) is 0 Å². The smallest absolute Gasteiger partial charge is 0.0548 e. The first-order valence-corrected chi connectivity index (χ1v) is 3.69. The van der Waals surface area contributed by atoms with Crippen LogP contribution in [-0.2, 0) is 7.05 Å². The van der Waals surface area contributed by atoms with Crippen LogP contribution in [0.15, 0.2) is 12.3 Å². The van der Waals surface area contributed by atoms with Gasteiger partial charge in [0.25, 0.3) is 0 Å². The highest BCUT2D eigenvalue weighted by Gasteiger charge is 2.07. The van der Waals surface area contributed by atoms with E-state index in [-0.39, 0.29) is 6.04 Å². The van der Waals surface area contributed by atoms with Crippen molar-refractivity contribution in [3.63, 3.8) is 0 Å². The fourth-order valence-corrected chi connectivity index (χ4v) is 1.08. The average Bonchev–Trinajstić information content (AvgIpc) is 2.36. The third kappa shape index (κ3) is 1.78. The molecule has 0 amide bonds. The van der Waals surface area contributed by atoms with E-state index in [0.29, 0.717) is 6.54 Å². The van der Waals surface area contributed by atoms with Crippen molar-refractivity contribution in [3.8, 4) is 0 Å². The van der Waals surface area contributed by atoms with Gasteiger partial charge in [-0.25, -0.2) is 0 Å². The van der Waals surface area contributed by atoms with Crippen LogP contribution in [0.25, 0.3) is 0 Å². The van der Waals surface area contributed by atoms with E-state index in [2.05, 4.69) is 5.10 Å². The molecule has 0 spiro atoms. The Morgan fingerprint density at radius 2 is 2.45 bits per heavy atom. The van der Waals surface area contributed by atoms with Crippen molar-refractivity contribution in [2.75, 3.05) is 6.54 Å². The quantitative estimate of drug-likeness (QED) is 0.631. The topological polar surface area (TPSA) is 69.9 Å². The predicted octanol–water partition coefficient (Wildman–Crippen LogP) is -0.231. The highest BCUT2D eigenvalue weighted by atomic mass is 15.3. The highest BCUT2D eigenvalue weighted by molar-refractivity contribution is 5.05. The second-order valence-corrected chi connectivity index (χ2v) is 2.56. The zero-order chi connectivity index (χ0) is 8.27. The first-order chi connectivity index (χ1) is 5.25. The maximum Gasteiger partial charge on any atom is 0.0548 e. The summed E-state index contributed by atoms with van der Waals surface area (Å²) in [6.45, 7) is 0.617. The second kappa shape index (κ2) is 3.50. The third-order valence-corrected chi connectivity index (χ3v) is 1.72. The standard InChI is InChI=1S/C7H14N4/c1-11-7(3-5-10-11)6(9)2-4-8/h3,5-6H,2,4,8-9H2,1H3. The van der Waals surface area contributed by atoms with Crippen molar-refractivity contribution >= 4 is 0 Å². The van der Waals surface area contributed by atoms with E-state index in [4.69, 9.17) is 11.5 Å². The van der Waals surface area contributed by atoms with Crippen molar-refractivity contribution in [1.29, 1.82) is 0 Å². The fraction of sp³-hybridized carbons (Fsp3) is 0.571. The van der Waals surface area contributed by atoms with Gasteiger partial charge < -0.3 is 11.5 Å². The largest absolute Gasteiger partial charge is 0.330 e. The number of aryl methyl sites for hydroxylation is 1. The molecule has 0 saturated heterocycles. The summed E-state index contributed by atoms with van der Waals surface area (Å²) in [7, 11) is 1.88. The summed E-state index contributed by atoms with van der Waals surface area (Å²) < 4.78 is 1.78. The Morgan fingerprint density at radius 1 is 1.73 bits per heavy atom. The molecule has 0 aromatic carbocycles.